The molecule has 0 heterocycles. The van der Waals surface area contributed by atoms with Crippen molar-refractivity contribution in [2.75, 3.05) is 17.2 Å². The fourth-order valence-electron chi connectivity index (χ4n) is 2.30. The Balaban J connectivity index is 2.48. The van der Waals surface area contributed by atoms with Crippen molar-refractivity contribution in [3.63, 3.8) is 0 Å². The summed E-state index contributed by atoms with van der Waals surface area (Å²) in [6.07, 6.45) is 2.10. The number of rotatable bonds is 6. The van der Waals surface area contributed by atoms with Gasteiger partial charge in [0.2, 0.25) is 0 Å². The van der Waals surface area contributed by atoms with Crippen LogP contribution in [0.15, 0.2) is 48.5 Å². The van der Waals surface area contributed by atoms with Crippen molar-refractivity contribution in [1.82, 2.24) is 0 Å². The first-order chi connectivity index (χ1) is 10.1. The second-order valence-electron chi connectivity index (χ2n) is 4.98. The van der Waals surface area contributed by atoms with E-state index in [1.807, 2.05) is 36.4 Å². The maximum absolute atomic E-state index is 11.7. The van der Waals surface area contributed by atoms with Crippen LogP contribution in [-0.2, 0) is 0 Å². The van der Waals surface area contributed by atoms with E-state index >= 15 is 0 Å². The molecule has 0 aliphatic rings. The highest BCUT2D eigenvalue weighted by Gasteiger charge is 2.16. The lowest BCUT2D eigenvalue weighted by atomic mass is 10.1. The first-order valence-electron chi connectivity index (χ1n) is 7.15. The van der Waals surface area contributed by atoms with Crippen LogP contribution < -0.4 is 16.4 Å². The summed E-state index contributed by atoms with van der Waals surface area (Å²) >= 11 is 0. The minimum absolute atomic E-state index is 0.454. The third-order valence-corrected chi connectivity index (χ3v) is 3.38. The molecule has 0 saturated carbocycles. The van der Waals surface area contributed by atoms with Gasteiger partial charge in [-0.3, -0.25) is 4.79 Å². The van der Waals surface area contributed by atoms with Crippen LogP contribution in [0.1, 0.15) is 30.1 Å². The monoisotopic (exact) mass is 283 g/mol. The first kappa shape index (κ1) is 14.9. The summed E-state index contributed by atoms with van der Waals surface area (Å²) in [5, 5.41) is 0. The van der Waals surface area contributed by atoms with Gasteiger partial charge in [0.25, 0.3) is 5.91 Å². The zero-order valence-electron chi connectivity index (χ0n) is 12.3. The molecule has 1 amide bonds. The second kappa shape index (κ2) is 6.79. The quantitative estimate of drug-likeness (QED) is 0.799. The molecule has 0 spiro atoms. The van der Waals surface area contributed by atoms with Crippen LogP contribution in [-0.4, -0.2) is 12.5 Å². The molecule has 2 rings (SSSR count). The maximum Gasteiger partial charge on any atom is 0.250 e. The van der Waals surface area contributed by atoms with Crippen molar-refractivity contribution in [1.29, 1.82) is 0 Å². The predicted octanol–water partition coefficient (Wildman–Crippen LogP) is 3.31. The smallest absolute Gasteiger partial charge is 0.250 e. The average Bonchev–Trinajstić information content (AvgIpc) is 2.49. The molecular formula is C17H21N3O. The van der Waals surface area contributed by atoms with Gasteiger partial charge in [0.15, 0.2) is 0 Å². The lowest BCUT2D eigenvalue weighted by Crippen LogP contribution is -2.23. The average molecular weight is 283 g/mol. The fraction of sp³-hybridized carbons (Fsp3) is 0.235. The molecule has 0 radical (unpaired) electrons. The van der Waals surface area contributed by atoms with Crippen molar-refractivity contribution in [2.45, 2.75) is 19.8 Å². The third-order valence-electron chi connectivity index (χ3n) is 3.38. The molecule has 2 aromatic rings. The Labute approximate surface area is 125 Å². The molecule has 110 valence electrons. The number of para-hydroxylation sites is 1. The number of nitrogen functional groups attached to an aromatic ring is 1. The number of primary amides is 1. The molecule has 0 unspecified atom stereocenters. The lowest BCUT2D eigenvalue weighted by Gasteiger charge is -2.26. The maximum atomic E-state index is 11.7. The van der Waals surface area contributed by atoms with E-state index in [-0.39, 0.29) is 0 Å². The van der Waals surface area contributed by atoms with Gasteiger partial charge < -0.3 is 16.4 Å². The van der Waals surface area contributed by atoms with E-state index in [1.54, 1.807) is 12.1 Å². The number of hydrogen-bond acceptors (Lipinski definition) is 3. The summed E-state index contributed by atoms with van der Waals surface area (Å²) in [5.41, 5.74) is 14.1. The molecule has 0 saturated heterocycles. The predicted molar refractivity (Wildman–Crippen MR) is 87.7 cm³/mol. The SMILES string of the molecule is CCCCN(c1ccccc1)c1ccc(N)cc1C(N)=O. The minimum atomic E-state index is -0.463. The number of nitrogens with zero attached hydrogens (tertiary/aromatic N) is 1. The molecular weight excluding hydrogens is 262 g/mol. The summed E-state index contributed by atoms with van der Waals surface area (Å²) in [4.78, 5) is 13.8. The zero-order chi connectivity index (χ0) is 15.2. The molecule has 4 nitrogen and oxygen atoms in total. The third kappa shape index (κ3) is 3.54. The van der Waals surface area contributed by atoms with Gasteiger partial charge in [0.05, 0.1) is 11.3 Å². The van der Waals surface area contributed by atoms with Crippen LogP contribution in [0.5, 0.6) is 0 Å². The van der Waals surface area contributed by atoms with Gasteiger partial charge in [0.1, 0.15) is 0 Å². The van der Waals surface area contributed by atoms with Crippen molar-refractivity contribution >= 4 is 23.0 Å². The number of anilines is 3. The molecule has 4 N–H and O–H groups in total. The molecule has 0 aromatic heterocycles. The van der Waals surface area contributed by atoms with Crippen molar-refractivity contribution in [2.24, 2.45) is 5.73 Å². The normalized spacial score (nSPS) is 10.3. The van der Waals surface area contributed by atoms with Crippen LogP contribution >= 0.6 is 0 Å². The van der Waals surface area contributed by atoms with Crippen LogP contribution in [0.25, 0.3) is 0 Å². The molecule has 0 aliphatic heterocycles. The summed E-state index contributed by atoms with van der Waals surface area (Å²) < 4.78 is 0. The summed E-state index contributed by atoms with van der Waals surface area (Å²) in [7, 11) is 0. The van der Waals surface area contributed by atoms with E-state index in [9.17, 15) is 4.79 Å². The lowest BCUT2D eigenvalue weighted by molar-refractivity contribution is 0.100. The number of unbranched alkanes of at least 4 members (excludes halogenated alkanes) is 1. The minimum Gasteiger partial charge on any atom is -0.399 e. The largest absolute Gasteiger partial charge is 0.399 e. The summed E-state index contributed by atoms with van der Waals surface area (Å²) in [6, 6.07) is 15.3. The standard InChI is InChI=1S/C17H21N3O/c1-2-3-11-20(14-7-5-4-6-8-14)16-10-9-13(18)12-15(16)17(19)21/h4-10,12H,2-3,11,18H2,1H3,(H2,19,21). The Bertz CT molecular complexity index is 611. The topological polar surface area (TPSA) is 72.3 Å². The number of carbonyl (C=O) groups is 1. The van der Waals surface area contributed by atoms with Crippen molar-refractivity contribution < 1.29 is 4.79 Å². The Kier molecular flexibility index (Phi) is 4.82. The van der Waals surface area contributed by atoms with E-state index in [0.717, 1.165) is 30.8 Å². The van der Waals surface area contributed by atoms with Gasteiger partial charge in [-0.15, -0.1) is 0 Å². The summed E-state index contributed by atoms with van der Waals surface area (Å²) in [5.74, 6) is -0.463. The van der Waals surface area contributed by atoms with Crippen LogP contribution in [0.4, 0.5) is 17.1 Å². The molecule has 2 aromatic carbocycles. The summed E-state index contributed by atoms with van der Waals surface area (Å²) in [6.45, 7) is 2.96. The number of nitrogens with two attached hydrogens (primary N) is 2. The highest BCUT2D eigenvalue weighted by molar-refractivity contribution is 6.00. The van der Waals surface area contributed by atoms with E-state index < -0.39 is 5.91 Å². The fourth-order valence-corrected chi connectivity index (χ4v) is 2.30. The van der Waals surface area contributed by atoms with Gasteiger partial charge >= 0.3 is 0 Å². The Morgan fingerprint density at radius 3 is 2.48 bits per heavy atom. The van der Waals surface area contributed by atoms with Gasteiger partial charge in [-0.1, -0.05) is 31.5 Å². The van der Waals surface area contributed by atoms with E-state index in [1.165, 1.54) is 0 Å². The molecule has 0 bridgehead atoms. The zero-order valence-corrected chi connectivity index (χ0v) is 12.3. The van der Waals surface area contributed by atoms with Crippen LogP contribution in [0, 0.1) is 0 Å². The molecule has 4 heteroatoms. The number of carbonyl (C=O) groups excluding carboxylic acids is 1. The highest BCUT2D eigenvalue weighted by atomic mass is 16.1. The van der Waals surface area contributed by atoms with Crippen LogP contribution in [0.2, 0.25) is 0 Å². The molecule has 0 aliphatic carbocycles. The van der Waals surface area contributed by atoms with Gasteiger partial charge in [-0.2, -0.15) is 0 Å². The Morgan fingerprint density at radius 1 is 1.14 bits per heavy atom. The van der Waals surface area contributed by atoms with Gasteiger partial charge in [0, 0.05) is 17.9 Å². The second-order valence-corrected chi connectivity index (χ2v) is 4.98. The van der Waals surface area contributed by atoms with Gasteiger partial charge in [-0.05, 0) is 36.8 Å². The van der Waals surface area contributed by atoms with E-state index in [0.29, 0.717) is 11.3 Å². The van der Waals surface area contributed by atoms with E-state index in [2.05, 4.69) is 11.8 Å². The van der Waals surface area contributed by atoms with Crippen LogP contribution in [0.3, 0.4) is 0 Å². The Morgan fingerprint density at radius 2 is 1.86 bits per heavy atom. The Hall–Kier alpha value is -2.49. The van der Waals surface area contributed by atoms with Gasteiger partial charge in [-0.25, -0.2) is 0 Å². The number of benzene rings is 2. The van der Waals surface area contributed by atoms with Crippen molar-refractivity contribution in [3.05, 3.63) is 54.1 Å². The molecule has 21 heavy (non-hydrogen) atoms. The van der Waals surface area contributed by atoms with E-state index in [4.69, 9.17) is 11.5 Å². The molecule has 0 atom stereocenters. The van der Waals surface area contributed by atoms with Crippen molar-refractivity contribution in [3.8, 4) is 0 Å². The number of hydrogen-bond donors (Lipinski definition) is 2. The highest BCUT2D eigenvalue weighted by Crippen LogP contribution is 2.30. The molecule has 0 fully saturated rings. The number of amides is 1. The first-order valence-corrected chi connectivity index (χ1v) is 7.15.